The van der Waals surface area contributed by atoms with E-state index < -0.39 is 5.91 Å². The summed E-state index contributed by atoms with van der Waals surface area (Å²) in [6.45, 7) is 8.84. The van der Waals surface area contributed by atoms with Crippen LogP contribution >= 0.6 is 0 Å². The first-order valence-electron chi connectivity index (χ1n) is 8.34. The minimum atomic E-state index is -0.494. The maximum atomic E-state index is 12.0. The predicted molar refractivity (Wildman–Crippen MR) is 99.3 cm³/mol. The van der Waals surface area contributed by atoms with Crippen molar-refractivity contribution in [2.24, 2.45) is 5.73 Å². The number of amides is 1. The Labute approximate surface area is 144 Å². The molecule has 0 aliphatic rings. The van der Waals surface area contributed by atoms with E-state index in [1.165, 1.54) is 5.56 Å². The van der Waals surface area contributed by atoms with Crippen LogP contribution in [0.2, 0.25) is 0 Å². The van der Waals surface area contributed by atoms with Gasteiger partial charge in [0.05, 0.1) is 12.3 Å². The van der Waals surface area contributed by atoms with Crippen molar-refractivity contribution in [1.29, 1.82) is 0 Å². The van der Waals surface area contributed by atoms with Gasteiger partial charge in [0.15, 0.2) is 0 Å². The molecule has 0 aliphatic carbocycles. The highest BCUT2D eigenvalue weighted by atomic mass is 16.5. The molecular formula is C20H26N2O2. The second kappa shape index (κ2) is 7.86. The van der Waals surface area contributed by atoms with Gasteiger partial charge in [-0.2, -0.15) is 0 Å². The Morgan fingerprint density at radius 1 is 1.17 bits per heavy atom. The van der Waals surface area contributed by atoms with E-state index in [0.29, 0.717) is 23.6 Å². The molecule has 2 rings (SSSR count). The molecule has 0 unspecified atom stereocenters. The highest BCUT2D eigenvalue weighted by molar-refractivity contribution is 6.02. The van der Waals surface area contributed by atoms with E-state index in [2.05, 4.69) is 31.3 Å². The molecule has 0 bridgehead atoms. The maximum absolute atomic E-state index is 12.0. The van der Waals surface area contributed by atoms with Crippen molar-refractivity contribution in [2.75, 3.05) is 11.9 Å². The third kappa shape index (κ3) is 4.07. The third-order valence-corrected chi connectivity index (χ3v) is 3.96. The Morgan fingerprint density at radius 3 is 2.42 bits per heavy atom. The molecule has 3 N–H and O–H groups in total. The molecule has 0 fully saturated rings. The molecule has 4 heteroatoms. The molecule has 0 radical (unpaired) electrons. The van der Waals surface area contributed by atoms with Gasteiger partial charge in [-0.1, -0.05) is 37.1 Å². The van der Waals surface area contributed by atoms with Crippen LogP contribution < -0.4 is 15.8 Å². The van der Waals surface area contributed by atoms with Crippen molar-refractivity contribution in [3.8, 4) is 5.75 Å². The summed E-state index contributed by atoms with van der Waals surface area (Å²) in [5.74, 6) is 0.0374. The molecule has 0 spiro atoms. The van der Waals surface area contributed by atoms with E-state index in [-0.39, 0.29) is 0 Å². The molecule has 24 heavy (non-hydrogen) atoms. The first-order chi connectivity index (χ1) is 11.4. The van der Waals surface area contributed by atoms with Gasteiger partial charge in [-0.05, 0) is 50.5 Å². The SMILES string of the molecule is CCCCOc1cccc(Nc2c(C)cc(C)cc2C)c1C(N)=O. The van der Waals surface area contributed by atoms with Gasteiger partial charge in [0.1, 0.15) is 11.3 Å². The zero-order valence-corrected chi connectivity index (χ0v) is 14.9. The number of hydrogen-bond acceptors (Lipinski definition) is 3. The van der Waals surface area contributed by atoms with Crippen molar-refractivity contribution >= 4 is 17.3 Å². The summed E-state index contributed by atoms with van der Waals surface area (Å²) in [5.41, 5.74) is 11.1. The third-order valence-electron chi connectivity index (χ3n) is 3.96. The van der Waals surface area contributed by atoms with Crippen LogP contribution in [0, 0.1) is 20.8 Å². The largest absolute Gasteiger partial charge is 0.493 e. The number of anilines is 2. The van der Waals surface area contributed by atoms with Crippen molar-refractivity contribution in [1.82, 2.24) is 0 Å². The van der Waals surface area contributed by atoms with Gasteiger partial charge in [-0.25, -0.2) is 0 Å². The molecule has 2 aromatic carbocycles. The topological polar surface area (TPSA) is 64.3 Å². The highest BCUT2D eigenvalue weighted by Gasteiger charge is 2.16. The van der Waals surface area contributed by atoms with Crippen molar-refractivity contribution in [3.63, 3.8) is 0 Å². The van der Waals surface area contributed by atoms with Gasteiger partial charge in [-0.15, -0.1) is 0 Å². The summed E-state index contributed by atoms with van der Waals surface area (Å²) in [4.78, 5) is 12.0. The molecule has 4 nitrogen and oxygen atoms in total. The van der Waals surface area contributed by atoms with Gasteiger partial charge in [0.25, 0.3) is 5.91 Å². The van der Waals surface area contributed by atoms with Gasteiger partial charge >= 0.3 is 0 Å². The summed E-state index contributed by atoms with van der Waals surface area (Å²) >= 11 is 0. The minimum absolute atomic E-state index is 0.396. The standard InChI is InChI=1S/C20H26N2O2/c1-5-6-10-24-17-9-7-8-16(18(17)20(21)23)22-19-14(3)11-13(2)12-15(19)4/h7-9,11-12,22H,5-6,10H2,1-4H3,(H2,21,23). The zero-order chi connectivity index (χ0) is 17.7. The summed E-state index contributed by atoms with van der Waals surface area (Å²) in [5, 5.41) is 3.37. The number of hydrogen-bond donors (Lipinski definition) is 2. The van der Waals surface area contributed by atoms with Gasteiger partial charge in [0.2, 0.25) is 0 Å². The number of carbonyl (C=O) groups is 1. The van der Waals surface area contributed by atoms with Crippen LogP contribution in [0.4, 0.5) is 11.4 Å². The molecule has 0 saturated carbocycles. The molecule has 1 amide bonds. The van der Waals surface area contributed by atoms with Crippen LogP contribution in [0.5, 0.6) is 5.75 Å². The Hall–Kier alpha value is -2.49. The van der Waals surface area contributed by atoms with Crippen molar-refractivity contribution in [2.45, 2.75) is 40.5 Å². The summed E-state index contributed by atoms with van der Waals surface area (Å²) in [6.07, 6.45) is 1.97. The average molecular weight is 326 g/mol. The number of primary amides is 1. The van der Waals surface area contributed by atoms with E-state index in [1.807, 2.05) is 26.0 Å². The van der Waals surface area contributed by atoms with Gasteiger partial charge < -0.3 is 15.8 Å². The van der Waals surface area contributed by atoms with E-state index in [1.54, 1.807) is 6.07 Å². The lowest BCUT2D eigenvalue weighted by molar-refractivity contribution is 0.0997. The molecular weight excluding hydrogens is 300 g/mol. The van der Waals surface area contributed by atoms with Gasteiger partial charge in [-0.3, -0.25) is 4.79 Å². The molecule has 0 saturated heterocycles. The van der Waals surface area contributed by atoms with E-state index in [9.17, 15) is 4.79 Å². The minimum Gasteiger partial charge on any atom is -0.493 e. The number of rotatable bonds is 7. The smallest absolute Gasteiger partial charge is 0.254 e. The number of nitrogens with two attached hydrogens (primary N) is 1. The zero-order valence-electron chi connectivity index (χ0n) is 14.9. The number of aryl methyl sites for hydroxylation is 3. The fraction of sp³-hybridized carbons (Fsp3) is 0.350. The molecule has 128 valence electrons. The maximum Gasteiger partial charge on any atom is 0.254 e. The molecule has 0 aromatic heterocycles. The summed E-state index contributed by atoms with van der Waals surface area (Å²) in [7, 11) is 0. The Bertz CT molecular complexity index is 715. The number of unbranched alkanes of at least 4 members (excludes halogenated alkanes) is 1. The van der Waals surface area contributed by atoms with Crippen LogP contribution in [0.15, 0.2) is 30.3 Å². The highest BCUT2D eigenvalue weighted by Crippen LogP contribution is 2.32. The van der Waals surface area contributed by atoms with E-state index >= 15 is 0 Å². The van der Waals surface area contributed by atoms with E-state index in [0.717, 1.165) is 29.7 Å². The fourth-order valence-electron chi connectivity index (χ4n) is 2.85. The Morgan fingerprint density at radius 2 is 1.83 bits per heavy atom. The fourth-order valence-corrected chi connectivity index (χ4v) is 2.85. The lowest BCUT2D eigenvalue weighted by Crippen LogP contribution is -2.16. The molecule has 0 aliphatic heterocycles. The lowest BCUT2D eigenvalue weighted by atomic mass is 10.0. The number of nitrogens with one attached hydrogen (secondary N) is 1. The quantitative estimate of drug-likeness (QED) is 0.729. The van der Waals surface area contributed by atoms with Crippen LogP contribution in [0.3, 0.4) is 0 Å². The molecule has 0 heterocycles. The van der Waals surface area contributed by atoms with Crippen LogP contribution in [-0.4, -0.2) is 12.5 Å². The number of benzene rings is 2. The second-order valence-electron chi connectivity index (χ2n) is 6.14. The first kappa shape index (κ1) is 17.9. The van der Waals surface area contributed by atoms with Crippen LogP contribution in [0.25, 0.3) is 0 Å². The Balaban J connectivity index is 2.40. The summed E-state index contributed by atoms with van der Waals surface area (Å²) < 4.78 is 5.76. The monoisotopic (exact) mass is 326 g/mol. The second-order valence-corrected chi connectivity index (χ2v) is 6.14. The van der Waals surface area contributed by atoms with Crippen LogP contribution in [0.1, 0.15) is 46.8 Å². The van der Waals surface area contributed by atoms with Crippen molar-refractivity contribution in [3.05, 3.63) is 52.6 Å². The van der Waals surface area contributed by atoms with E-state index in [4.69, 9.17) is 10.5 Å². The molecule has 0 atom stereocenters. The Kier molecular flexibility index (Phi) is 5.85. The summed E-state index contributed by atoms with van der Waals surface area (Å²) in [6, 6.07) is 9.73. The predicted octanol–water partition coefficient (Wildman–Crippen LogP) is 4.63. The van der Waals surface area contributed by atoms with Gasteiger partial charge in [0, 0.05) is 5.69 Å². The van der Waals surface area contributed by atoms with Crippen molar-refractivity contribution < 1.29 is 9.53 Å². The number of carbonyl (C=O) groups excluding carboxylic acids is 1. The molecule has 2 aromatic rings. The van der Waals surface area contributed by atoms with Crippen LogP contribution in [-0.2, 0) is 0 Å². The average Bonchev–Trinajstić information content (AvgIpc) is 2.51. The normalized spacial score (nSPS) is 10.5. The number of ether oxygens (including phenoxy) is 1. The lowest BCUT2D eigenvalue weighted by Gasteiger charge is -2.18. The first-order valence-corrected chi connectivity index (χ1v) is 8.34.